The number of aromatic nitrogens is 2. The van der Waals surface area contributed by atoms with Crippen LogP contribution < -0.4 is 9.47 Å². The summed E-state index contributed by atoms with van der Waals surface area (Å²) in [6.45, 7) is 0. The van der Waals surface area contributed by atoms with Crippen molar-refractivity contribution in [1.29, 1.82) is 0 Å². The van der Waals surface area contributed by atoms with Crippen LogP contribution in [-0.4, -0.2) is 52.3 Å². The second kappa shape index (κ2) is 12.1. The van der Waals surface area contributed by atoms with E-state index in [2.05, 4.69) is 11.4 Å². The summed E-state index contributed by atoms with van der Waals surface area (Å²) in [4.78, 5) is 5.85. The lowest BCUT2D eigenvalue weighted by molar-refractivity contribution is -0.0959. The molecule has 3 aromatic carbocycles. The zero-order valence-electron chi connectivity index (χ0n) is 25.0. The van der Waals surface area contributed by atoms with Crippen molar-refractivity contribution in [2.75, 3.05) is 14.2 Å². The molecule has 45 heavy (non-hydrogen) atoms. The van der Waals surface area contributed by atoms with Crippen LogP contribution in [0, 0.1) is 0 Å². The minimum atomic E-state index is -1.18. The minimum absolute atomic E-state index is 0.298. The second-order valence-corrected chi connectivity index (χ2v) is 12.2. The van der Waals surface area contributed by atoms with Gasteiger partial charge in [0.1, 0.15) is 35.6 Å². The van der Waals surface area contributed by atoms with E-state index in [4.69, 9.17) is 19.2 Å². The van der Waals surface area contributed by atoms with Crippen LogP contribution in [0.5, 0.6) is 11.5 Å². The number of hydrogen-bond donors (Lipinski definition) is 2. The zero-order valence-corrected chi connectivity index (χ0v) is 25.8. The number of rotatable bonds is 9. The molecule has 1 saturated heterocycles. The summed E-state index contributed by atoms with van der Waals surface area (Å²) in [5.74, 6) is 1.41. The standard InChI is InChI=1S/C37H34N2O5S/c1-42-27-14-10-25(11-15-27)37(24-7-4-3-5-8-24,26-12-16-28(43-2)17-13-26)35(41)34-31(40)23-33(44-34)39-21-19-30-29(18-20-38-36(30)39)32-9-6-22-45-32/h3-22,31,33-35,40-41H,23H2,1-2H3/t31-,33+,34-,35?/m0/s1. The Labute approximate surface area is 265 Å². The Morgan fingerprint density at radius 3 is 2.09 bits per heavy atom. The van der Waals surface area contributed by atoms with Crippen molar-refractivity contribution in [1.82, 2.24) is 9.55 Å². The Balaban J connectivity index is 1.33. The topological polar surface area (TPSA) is 86.0 Å². The average molecular weight is 619 g/mol. The highest BCUT2D eigenvalue weighted by molar-refractivity contribution is 7.13. The van der Waals surface area contributed by atoms with Crippen molar-refractivity contribution < 1.29 is 24.4 Å². The third-order valence-electron chi connectivity index (χ3n) is 8.92. The quantitative estimate of drug-likeness (QED) is 0.173. The van der Waals surface area contributed by atoms with Gasteiger partial charge in [0.25, 0.3) is 0 Å². The highest BCUT2D eigenvalue weighted by Crippen LogP contribution is 2.47. The fraction of sp³-hybridized carbons (Fsp3) is 0.216. The fourth-order valence-corrected chi connectivity index (χ4v) is 7.50. The Morgan fingerprint density at radius 2 is 1.49 bits per heavy atom. The third-order valence-corrected chi connectivity index (χ3v) is 9.83. The smallest absolute Gasteiger partial charge is 0.142 e. The Hall–Kier alpha value is -4.47. The summed E-state index contributed by atoms with van der Waals surface area (Å²) in [6.07, 6.45) is 0.492. The van der Waals surface area contributed by atoms with Crippen molar-refractivity contribution >= 4 is 22.4 Å². The molecule has 1 aliphatic rings. The van der Waals surface area contributed by atoms with Gasteiger partial charge in [0.05, 0.1) is 25.7 Å². The number of aliphatic hydroxyl groups is 2. The van der Waals surface area contributed by atoms with Gasteiger partial charge in [0.15, 0.2) is 0 Å². The Bertz CT molecular complexity index is 1820. The number of ether oxygens (including phenoxy) is 3. The number of nitrogens with zero attached hydrogens (tertiary/aromatic N) is 2. The van der Waals surface area contributed by atoms with Gasteiger partial charge in [0, 0.05) is 34.6 Å². The van der Waals surface area contributed by atoms with Crippen LogP contribution in [0.25, 0.3) is 21.5 Å². The van der Waals surface area contributed by atoms with E-state index >= 15 is 0 Å². The van der Waals surface area contributed by atoms with E-state index in [-0.39, 0.29) is 0 Å². The van der Waals surface area contributed by atoms with E-state index < -0.39 is 30.0 Å². The van der Waals surface area contributed by atoms with E-state index in [0.29, 0.717) is 17.9 Å². The van der Waals surface area contributed by atoms with Gasteiger partial charge in [-0.2, -0.15) is 0 Å². The van der Waals surface area contributed by atoms with E-state index in [9.17, 15) is 10.2 Å². The number of hydrogen-bond acceptors (Lipinski definition) is 7. The third kappa shape index (κ3) is 5.00. The van der Waals surface area contributed by atoms with Crippen LogP contribution in [0.4, 0.5) is 0 Å². The van der Waals surface area contributed by atoms with Gasteiger partial charge in [0.2, 0.25) is 0 Å². The lowest BCUT2D eigenvalue weighted by Gasteiger charge is -2.43. The normalized spacial score (nSPS) is 19.1. The predicted octanol–water partition coefficient (Wildman–Crippen LogP) is 6.83. The molecular formula is C37H34N2O5S. The van der Waals surface area contributed by atoms with E-state index in [1.165, 1.54) is 0 Å². The van der Waals surface area contributed by atoms with Gasteiger partial charge in [-0.1, -0.05) is 60.7 Å². The molecule has 3 aromatic heterocycles. The summed E-state index contributed by atoms with van der Waals surface area (Å²) in [6, 6.07) is 33.5. The molecule has 1 unspecified atom stereocenters. The molecule has 2 N–H and O–H groups in total. The van der Waals surface area contributed by atoms with Crippen LogP contribution in [0.2, 0.25) is 0 Å². The van der Waals surface area contributed by atoms with Crippen LogP contribution in [0.3, 0.4) is 0 Å². The van der Waals surface area contributed by atoms with Gasteiger partial charge >= 0.3 is 0 Å². The zero-order chi connectivity index (χ0) is 31.0. The molecule has 0 bridgehead atoms. The molecule has 7 rings (SSSR count). The van der Waals surface area contributed by atoms with Crippen molar-refractivity contribution in [3.8, 4) is 21.9 Å². The van der Waals surface area contributed by atoms with E-state index in [1.807, 2.05) is 108 Å². The molecule has 0 spiro atoms. The van der Waals surface area contributed by atoms with Crippen molar-refractivity contribution in [3.63, 3.8) is 0 Å². The number of methoxy groups -OCH3 is 2. The van der Waals surface area contributed by atoms with Crippen LogP contribution in [0.1, 0.15) is 29.3 Å². The Kier molecular flexibility index (Phi) is 7.89. The van der Waals surface area contributed by atoms with Crippen molar-refractivity contribution in [3.05, 3.63) is 138 Å². The molecule has 6 aromatic rings. The lowest BCUT2D eigenvalue weighted by atomic mass is 9.64. The van der Waals surface area contributed by atoms with Gasteiger partial charge in [-0.05, 0) is 64.5 Å². The van der Waals surface area contributed by atoms with Crippen LogP contribution >= 0.6 is 11.3 Å². The molecule has 0 saturated carbocycles. The largest absolute Gasteiger partial charge is 0.497 e. The molecule has 8 heteroatoms. The summed E-state index contributed by atoms with van der Waals surface area (Å²) in [7, 11) is 3.26. The SMILES string of the molecule is COc1ccc(C(c2ccccc2)(c2ccc(OC)cc2)C(O)[C@H]2O[C@@H](n3ccc4c(-c5cccs5)ccnc43)C[C@@H]2O)cc1. The van der Waals surface area contributed by atoms with Crippen LogP contribution in [-0.2, 0) is 10.2 Å². The van der Waals surface area contributed by atoms with Gasteiger partial charge in [-0.15, -0.1) is 11.3 Å². The minimum Gasteiger partial charge on any atom is -0.497 e. The first-order chi connectivity index (χ1) is 22.0. The number of aliphatic hydroxyl groups excluding tert-OH is 2. The lowest BCUT2D eigenvalue weighted by Crippen LogP contribution is -2.51. The molecule has 4 heterocycles. The molecule has 1 fully saturated rings. The van der Waals surface area contributed by atoms with E-state index in [0.717, 1.165) is 38.2 Å². The summed E-state index contributed by atoms with van der Waals surface area (Å²) >= 11 is 1.68. The van der Waals surface area contributed by atoms with Gasteiger partial charge < -0.3 is 29.0 Å². The second-order valence-electron chi connectivity index (χ2n) is 11.2. The molecule has 0 amide bonds. The highest BCUT2D eigenvalue weighted by Gasteiger charge is 2.52. The average Bonchev–Trinajstić information content (AvgIpc) is 3.86. The number of fused-ring (bicyclic) bond motifs is 1. The van der Waals surface area contributed by atoms with Crippen molar-refractivity contribution in [2.45, 2.75) is 36.4 Å². The van der Waals surface area contributed by atoms with Crippen molar-refractivity contribution in [2.24, 2.45) is 0 Å². The molecule has 7 nitrogen and oxygen atoms in total. The molecule has 0 aliphatic carbocycles. The van der Waals surface area contributed by atoms with Gasteiger partial charge in [-0.25, -0.2) is 4.98 Å². The van der Waals surface area contributed by atoms with Crippen LogP contribution in [0.15, 0.2) is 121 Å². The van der Waals surface area contributed by atoms with Gasteiger partial charge in [-0.3, -0.25) is 0 Å². The fourth-order valence-electron chi connectivity index (χ4n) is 6.74. The van der Waals surface area contributed by atoms with E-state index in [1.54, 1.807) is 31.8 Å². The maximum Gasteiger partial charge on any atom is 0.142 e. The molecular weight excluding hydrogens is 584 g/mol. The maximum absolute atomic E-state index is 12.7. The molecule has 1 aliphatic heterocycles. The number of thiophene rings is 1. The summed E-state index contributed by atoms with van der Waals surface area (Å²) < 4.78 is 19.6. The molecule has 4 atom stereocenters. The highest BCUT2D eigenvalue weighted by atomic mass is 32.1. The summed E-state index contributed by atoms with van der Waals surface area (Å²) in [5, 5.41) is 27.4. The Morgan fingerprint density at radius 1 is 0.844 bits per heavy atom. The molecule has 0 radical (unpaired) electrons. The number of pyridine rings is 1. The first kappa shape index (κ1) is 29.3. The first-order valence-electron chi connectivity index (χ1n) is 14.9. The number of benzene rings is 3. The summed E-state index contributed by atoms with van der Waals surface area (Å²) in [5.41, 5.74) is 3.30. The maximum atomic E-state index is 12.7. The molecule has 228 valence electrons. The predicted molar refractivity (Wildman–Crippen MR) is 176 cm³/mol. The monoisotopic (exact) mass is 618 g/mol. The first-order valence-corrected chi connectivity index (χ1v) is 15.8.